The summed E-state index contributed by atoms with van der Waals surface area (Å²) in [5, 5.41) is 8.00. The fourth-order valence-corrected chi connectivity index (χ4v) is 2.20. The quantitative estimate of drug-likeness (QED) is 0.785. The number of furan rings is 1. The molecule has 24 heavy (non-hydrogen) atoms. The summed E-state index contributed by atoms with van der Waals surface area (Å²) in [5.41, 5.74) is 0.822. The standard InChI is InChI=1S/C17H21N3O4/c1-10-5-7-14(24-10)11(2)19-17(22)20-13-9-12(16(21)18-3)6-8-15(13)23-4/h5-9,11H,1-4H3,(H,18,21)(H2,19,20,22). The largest absolute Gasteiger partial charge is 0.495 e. The van der Waals surface area contributed by atoms with Crippen LogP contribution in [0.2, 0.25) is 0 Å². The maximum absolute atomic E-state index is 12.2. The smallest absolute Gasteiger partial charge is 0.319 e. The van der Waals surface area contributed by atoms with Crippen LogP contribution in [-0.2, 0) is 0 Å². The van der Waals surface area contributed by atoms with Gasteiger partial charge >= 0.3 is 6.03 Å². The summed E-state index contributed by atoms with van der Waals surface area (Å²) in [4.78, 5) is 23.9. The number of amides is 3. The molecule has 1 atom stereocenters. The second-order valence-corrected chi connectivity index (χ2v) is 5.26. The molecule has 0 aliphatic heterocycles. The number of carbonyl (C=O) groups is 2. The van der Waals surface area contributed by atoms with Crippen molar-refractivity contribution in [2.75, 3.05) is 19.5 Å². The maximum Gasteiger partial charge on any atom is 0.319 e. The van der Waals surface area contributed by atoms with Crippen molar-refractivity contribution in [3.05, 3.63) is 47.4 Å². The minimum atomic E-state index is -0.427. The lowest BCUT2D eigenvalue weighted by Crippen LogP contribution is -2.31. The Morgan fingerprint density at radius 3 is 2.54 bits per heavy atom. The van der Waals surface area contributed by atoms with Crippen LogP contribution in [0.3, 0.4) is 0 Å². The van der Waals surface area contributed by atoms with E-state index in [0.717, 1.165) is 5.76 Å². The highest BCUT2D eigenvalue weighted by Gasteiger charge is 2.15. The molecule has 1 aromatic heterocycles. The van der Waals surface area contributed by atoms with Crippen LogP contribution in [0.15, 0.2) is 34.7 Å². The number of methoxy groups -OCH3 is 1. The molecule has 0 fully saturated rings. The van der Waals surface area contributed by atoms with Crippen LogP contribution in [0.5, 0.6) is 5.75 Å². The van der Waals surface area contributed by atoms with Crippen molar-refractivity contribution in [1.29, 1.82) is 0 Å². The van der Waals surface area contributed by atoms with Gasteiger partial charge in [0, 0.05) is 12.6 Å². The lowest BCUT2D eigenvalue weighted by molar-refractivity contribution is 0.0963. The third kappa shape index (κ3) is 4.07. The third-order valence-corrected chi connectivity index (χ3v) is 3.47. The second-order valence-electron chi connectivity index (χ2n) is 5.26. The minimum Gasteiger partial charge on any atom is -0.495 e. The van der Waals surface area contributed by atoms with Crippen molar-refractivity contribution in [3.63, 3.8) is 0 Å². The van der Waals surface area contributed by atoms with Gasteiger partial charge < -0.3 is 25.1 Å². The van der Waals surface area contributed by atoms with E-state index in [9.17, 15) is 9.59 Å². The van der Waals surface area contributed by atoms with Gasteiger partial charge in [-0.1, -0.05) is 0 Å². The highest BCUT2D eigenvalue weighted by molar-refractivity contribution is 5.97. The van der Waals surface area contributed by atoms with E-state index in [-0.39, 0.29) is 11.9 Å². The highest BCUT2D eigenvalue weighted by atomic mass is 16.5. The second kappa shape index (κ2) is 7.54. The molecule has 3 N–H and O–H groups in total. The van der Waals surface area contributed by atoms with Crippen molar-refractivity contribution in [2.45, 2.75) is 19.9 Å². The molecule has 3 amide bonds. The van der Waals surface area contributed by atoms with E-state index < -0.39 is 6.03 Å². The van der Waals surface area contributed by atoms with Gasteiger partial charge in [-0.3, -0.25) is 4.79 Å². The van der Waals surface area contributed by atoms with Gasteiger partial charge in [-0.2, -0.15) is 0 Å². The molecule has 0 radical (unpaired) electrons. The first-order chi connectivity index (χ1) is 11.4. The lowest BCUT2D eigenvalue weighted by Gasteiger charge is -2.15. The van der Waals surface area contributed by atoms with Crippen LogP contribution in [0.4, 0.5) is 10.5 Å². The lowest BCUT2D eigenvalue weighted by atomic mass is 10.1. The van der Waals surface area contributed by atoms with Gasteiger partial charge in [0.15, 0.2) is 0 Å². The van der Waals surface area contributed by atoms with Crippen LogP contribution >= 0.6 is 0 Å². The van der Waals surface area contributed by atoms with Gasteiger partial charge in [-0.05, 0) is 44.2 Å². The Labute approximate surface area is 140 Å². The number of hydrogen-bond acceptors (Lipinski definition) is 4. The van der Waals surface area contributed by atoms with Crippen LogP contribution in [0.1, 0.15) is 34.8 Å². The number of benzene rings is 1. The molecule has 1 aromatic carbocycles. The van der Waals surface area contributed by atoms with Crippen LogP contribution < -0.4 is 20.7 Å². The molecule has 2 aromatic rings. The summed E-state index contributed by atoms with van der Waals surface area (Å²) in [7, 11) is 3.03. The molecular weight excluding hydrogens is 310 g/mol. The summed E-state index contributed by atoms with van der Waals surface area (Å²) in [6.45, 7) is 3.65. The third-order valence-electron chi connectivity index (χ3n) is 3.47. The predicted octanol–water partition coefficient (Wildman–Crippen LogP) is 2.84. The minimum absolute atomic E-state index is 0.249. The van der Waals surface area contributed by atoms with Gasteiger partial charge in [0.05, 0.1) is 18.8 Å². The molecule has 0 aliphatic rings. The van der Waals surface area contributed by atoms with E-state index in [4.69, 9.17) is 9.15 Å². The van der Waals surface area contributed by atoms with E-state index in [1.54, 1.807) is 25.2 Å². The van der Waals surface area contributed by atoms with Crippen LogP contribution in [0.25, 0.3) is 0 Å². The van der Waals surface area contributed by atoms with Crippen LogP contribution in [-0.4, -0.2) is 26.1 Å². The zero-order valence-corrected chi connectivity index (χ0v) is 14.1. The number of urea groups is 1. The number of aryl methyl sites for hydroxylation is 1. The van der Waals surface area contributed by atoms with Gasteiger partial charge in [0.1, 0.15) is 17.3 Å². The number of nitrogens with one attached hydrogen (secondary N) is 3. The summed E-state index contributed by atoms with van der Waals surface area (Å²) < 4.78 is 10.7. The topological polar surface area (TPSA) is 92.6 Å². The summed E-state index contributed by atoms with van der Waals surface area (Å²) >= 11 is 0. The van der Waals surface area contributed by atoms with Crippen molar-refractivity contribution in [1.82, 2.24) is 10.6 Å². The Hall–Kier alpha value is -2.96. The Morgan fingerprint density at radius 2 is 1.96 bits per heavy atom. The first-order valence-electron chi connectivity index (χ1n) is 7.48. The predicted molar refractivity (Wildman–Crippen MR) is 90.4 cm³/mol. The number of ether oxygens (including phenoxy) is 1. The zero-order valence-electron chi connectivity index (χ0n) is 14.1. The molecular formula is C17H21N3O4. The summed E-state index contributed by atoms with van der Waals surface area (Å²) in [5.74, 6) is 1.65. The molecule has 7 heteroatoms. The van der Waals surface area contributed by atoms with Crippen molar-refractivity contribution in [3.8, 4) is 5.75 Å². The molecule has 2 rings (SSSR count). The Morgan fingerprint density at radius 1 is 1.21 bits per heavy atom. The van der Waals surface area contributed by atoms with Crippen LogP contribution in [0, 0.1) is 6.92 Å². The molecule has 1 unspecified atom stereocenters. The molecule has 1 heterocycles. The normalized spacial score (nSPS) is 11.5. The Kier molecular flexibility index (Phi) is 5.47. The van der Waals surface area contributed by atoms with Gasteiger partial charge in [0.2, 0.25) is 0 Å². The zero-order chi connectivity index (χ0) is 17.7. The van der Waals surface area contributed by atoms with Crippen molar-refractivity contribution in [2.24, 2.45) is 0 Å². The molecule has 7 nitrogen and oxygen atoms in total. The molecule has 128 valence electrons. The average Bonchev–Trinajstić information content (AvgIpc) is 3.00. The number of hydrogen-bond donors (Lipinski definition) is 3. The van der Waals surface area contributed by atoms with Crippen molar-refractivity contribution < 1.29 is 18.7 Å². The molecule has 0 spiro atoms. The first-order valence-corrected chi connectivity index (χ1v) is 7.48. The SMILES string of the molecule is CNC(=O)c1ccc(OC)c(NC(=O)NC(C)c2ccc(C)o2)c1. The van der Waals surface area contributed by atoms with Gasteiger partial charge in [0.25, 0.3) is 5.91 Å². The number of anilines is 1. The van der Waals surface area contributed by atoms with Gasteiger partial charge in [-0.25, -0.2) is 4.79 Å². The highest BCUT2D eigenvalue weighted by Crippen LogP contribution is 2.25. The Bertz CT molecular complexity index is 739. The summed E-state index contributed by atoms with van der Waals surface area (Å²) in [6.07, 6.45) is 0. The maximum atomic E-state index is 12.2. The van der Waals surface area contributed by atoms with E-state index in [1.165, 1.54) is 7.11 Å². The number of carbonyl (C=O) groups excluding carboxylic acids is 2. The molecule has 0 saturated heterocycles. The fourth-order valence-electron chi connectivity index (χ4n) is 2.20. The molecule has 0 aliphatic carbocycles. The van der Waals surface area contributed by atoms with E-state index >= 15 is 0 Å². The first kappa shape index (κ1) is 17.4. The van der Waals surface area contributed by atoms with E-state index in [0.29, 0.717) is 22.8 Å². The Balaban J connectivity index is 2.11. The molecule has 0 saturated carbocycles. The van der Waals surface area contributed by atoms with E-state index in [2.05, 4.69) is 16.0 Å². The average molecular weight is 331 g/mol. The fraction of sp³-hybridized carbons (Fsp3) is 0.294. The van der Waals surface area contributed by atoms with Crippen molar-refractivity contribution >= 4 is 17.6 Å². The molecule has 0 bridgehead atoms. The van der Waals surface area contributed by atoms with E-state index in [1.807, 2.05) is 26.0 Å². The summed E-state index contributed by atoms with van der Waals surface area (Å²) in [6, 6.07) is 7.72. The monoisotopic (exact) mass is 331 g/mol. The number of rotatable bonds is 5. The van der Waals surface area contributed by atoms with Gasteiger partial charge in [-0.15, -0.1) is 0 Å².